The summed E-state index contributed by atoms with van der Waals surface area (Å²) >= 11 is 5.19. The summed E-state index contributed by atoms with van der Waals surface area (Å²) < 4.78 is 9.26. The van der Waals surface area contributed by atoms with Gasteiger partial charge in [0, 0.05) is 17.3 Å². The smallest absolute Gasteiger partial charge is 0.134 e. The maximum Gasteiger partial charge on any atom is 0.134 e. The van der Waals surface area contributed by atoms with Crippen LogP contribution in [-0.2, 0) is 6.42 Å². The average Bonchev–Trinajstić information content (AvgIpc) is 3.24. The third-order valence-electron chi connectivity index (χ3n) is 4.88. The fraction of sp³-hybridized carbons (Fsp3) is 0.625. The van der Waals surface area contributed by atoms with Gasteiger partial charge in [0.2, 0.25) is 0 Å². The van der Waals surface area contributed by atoms with E-state index in [4.69, 9.17) is 0 Å². The van der Waals surface area contributed by atoms with E-state index in [-0.39, 0.29) is 0 Å². The van der Waals surface area contributed by atoms with Crippen molar-refractivity contribution in [2.24, 2.45) is 5.92 Å². The lowest BCUT2D eigenvalue weighted by molar-refractivity contribution is 0.0846. The second kappa shape index (κ2) is 6.99. The SMILES string of the molecule is c1csc(CCCSc2nsnc2C2CN3CCC2CC3)c1. The van der Waals surface area contributed by atoms with E-state index in [0.29, 0.717) is 5.92 Å². The quantitative estimate of drug-likeness (QED) is 0.578. The molecule has 0 saturated carbocycles. The Morgan fingerprint density at radius 2 is 2.18 bits per heavy atom. The molecule has 118 valence electrons. The van der Waals surface area contributed by atoms with Gasteiger partial charge in [-0.25, -0.2) is 0 Å². The fourth-order valence-electron chi connectivity index (χ4n) is 3.66. The van der Waals surface area contributed by atoms with Gasteiger partial charge in [0.1, 0.15) is 5.03 Å². The molecule has 0 aliphatic carbocycles. The molecule has 0 amide bonds. The summed E-state index contributed by atoms with van der Waals surface area (Å²) in [5.41, 5.74) is 1.31. The zero-order valence-electron chi connectivity index (χ0n) is 12.6. The molecular weight excluding hydrogens is 330 g/mol. The predicted octanol–water partition coefficient (Wildman–Crippen LogP) is 4.13. The molecule has 3 fully saturated rings. The molecule has 3 aliphatic rings. The van der Waals surface area contributed by atoms with Crippen molar-refractivity contribution >= 4 is 34.8 Å². The van der Waals surface area contributed by atoms with Crippen LogP contribution in [0.4, 0.5) is 0 Å². The van der Waals surface area contributed by atoms with Gasteiger partial charge in [-0.1, -0.05) is 6.07 Å². The van der Waals surface area contributed by atoms with Crippen LogP contribution in [0.15, 0.2) is 22.5 Å². The summed E-state index contributed by atoms with van der Waals surface area (Å²) in [6.45, 7) is 3.79. The first-order valence-electron chi connectivity index (χ1n) is 8.10. The van der Waals surface area contributed by atoms with E-state index in [2.05, 4.69) is 31.2 Å². The lowest BCUT2D eigenvalue weighted by atomic mass is 9.78. The van der Waals surface area contributed by atoms with E-state index in [1.54, 1.807) is 0 Å². The maximum atomic E-state index is 4.67. The summed E-state index contributed by atoms with van der Waals surface area (Å²) in [5, 5.41) is 3.38. The van der Waals surface area contributed by atoms with E-state index in [1.165, 1.54) is 72.6 Å². The summed E-state index contributed by atoms with van der Waals surface area (Å²) in [6, 6.07) is 4.38. The van der Waals surface area contributed by atoms with Crippen LogP contribution in [0, 0.1) is 5.92 Å². The number of thiophene rings is 1. The predicted molar refractivity (Wildman–Crippen MR) is 95.2 cm³/mol. The Kier molecular flexibility index (Phi) is 4.80. The molecule has 3 nitrogen and oxygen atoms in total. The highest BCUT2D eigenvalue weighted by Crippen LogP contribution is 2.41. The molecule has 0 radical (unpaired) electrons. The second-order valence-corrected chi connectivity index (χ2v) is 8.87. The zero-order valence-corrected chi connectivity index (χ0v) is 15.1. The van der Waals surface area contributed by atoms with E-state index >= 15 is 0 Å². The van der Waals surface area contributed by atoms with Crippen molar-refractivity contribution < 1.29 is 0 Å². The van der Waals surface area contributed by atoms with Gasteiger partial charge in [0.25, 0.3) is 0 Å². The van der Waals surface area contributed by atoms with Gasteiger partial charge in [0.05, 0.1) is 17.4 Å². The van der Waals surface area contributed by atoms with Gasteiger partial charge >= 0.3 is 0 Å². The Balaban J connectivity index is 1.34. The van der Waals surface area contributed by atoms with Crippen molar-refractivity contribution in [1.29, 1.82) is 0 Å². The molecule has 22 heavy (non-hydrogen) atoms. The van der Waals surface area contributed by atoms with Gasteiger partial charge in [0.15, 0.2) is 0 Å². The summed E-state index contributed by atoms with van der Waals surface area (Å²) in [5.74, 6) is 2.64. The normalized spacial score (nSPS) is 27.4. The number of aryl methyl sites for hydroxylation is 1. The summed E-state index contributed by atoms with van der Waals surface area (Å²) in [7, 11) is 0. The minimum atomic E-state index is 0.640. The Labute approximate surface area is 144 Å². The Morgan fingerprint density at radius 3 is 2.91 bits per heavy atom. The van der Waals surface area contributed by atoms with Gasteiger partial charge in [-0.2, -0.15) is 8.75 Å². The lowest BCUT2D eigenvalue weighted by Crippen LogP contribution is -2.46. The minimum Gasteiger partial charge on any atom is -0.303 e. The molecule has 5 heterocycles. The van der Waals surface area contributed by atoms with E-state index in [1.807, 2.05) is 23.1 Å². The van der Waals surface area contributed by atoms with Crippen LogP contribution in [0.25, 0.3) is 0 Å². The first-order valence-corrected chi connectivity index (χ1v) is 10.7. The number of hydrogen-bond donors (Lipinski definition) is 0. The third-order valence-corrected chi connectivity index (χ3v) is 7.54. The Hall–Kier alpha value is -0.430. The first kappa shape index (κ1) is 15.1. The molecule has 0 aromatic carbocycles. The zero-order chi connectivity index (χ0) is 14.8. The maximum absolute atomic E-state index is 4.67. The second-order valence-electron chi connectivity index (χ2n) is 6.23. The minimum absolute atomic E-state index is 0.640. The summed E-state index contributed by atoms with van der Waals surface area (Å²) in [6.07, 6.45) is 5.12. The van der Waals surface area contributed by atoms with Crippen LogP contribution in [-0.4, -0.2) is 39.0 Å². The average molecular weight is 352 g/mol. The van der Waals surface area contributed by atoms with Crippen molar-refractivity contribution in [2.45, 2.75) is 36.6 Å². The molecule has 6 heteroatoms. The van der Waals surface area contributed by atoms with Crippen molar-refractivity contribution in [3.05, 3.63) is 28.1 Å². The van der Waals surface area contributed by atoms with Crippen molar-refractivity contribution in [3.8, 4) is 0 Å². The van der Waals surface area contributed by atoms with Gasteiger partial charge in [-0.3, -0.25) is 0 Å². The number of rotatable bonds is 6. The van der Waals surface area contributed by atoms with Crippen molar-refractivity contribution in [1.82, 2.24) is 13.6 Å². The van der Waals surface area contributed by atoms with Crippen LogP contribution >= 0.6 is 34.8 Å². The Bertz CT molecular complexity index is 588. The van der Waals surface area contributed by atoms with E-state index < -0.39 is 0 Å². The lowest BCUT2D eigenvalue weighted by Gasteiger charge is -2.44. The van der Waals surface area contributed by atoms with Crippen LogP contribution in [0.1, 0.15) is 35.8 Å². The number of nitrogens with zero attached hydrogens (tertiary/aromatic N) is 3. The highest BCUT2D eigenvalue weighted by molar-refractivity contribution is 7.99. The fourth-order valence-corrected chi connectivity index (χ4v) is 6.12. The molecule has 2 bridgehead atoms. The topological polar surface area (TPSA) is 29.0 Å². The molecule has 0 N–H and O–H groups in total. The molecular formula is C16H21N3S3. The van der Waals surface area contributed by atoms with Gasteiger partial charge in [-0.15, -0.1) is 23.1 Å². The number of piperidine rings is 3. The van der Waals surface area contributed by atoms with Crippen molar-refractivity contribution in [3.63, 3.8) is 0 Å². The first-order chi connectivity index (χ1) is 10.9. The van der Waals surface area contributed by atoms with Gasteiger partial charge < -0.3 is 4.90 Å². The highest BCUT2D eigenvalue weighted by atomic mass is 32.2. The van der Waals surface area contributed by atoms with Crippen LogP contribution in [0.5, 0.6) is 0 Å². The molecule has 2 aromatic rings. The standard InChI is InChI=1S/C16H21N3S3/c1-3-13(20-9-1)4-2-10-21-16-15(17-22-18-16)14-11-19-7-5-12(14)6-8-19/h1,3,9,12,14H,2,4-8,10-11H2. The molecule has 1 unspecified atom stereocenters. The van der Waals surface area contributed by atoms with E-state index in [9.17, 15) is 0 Å². The van der Waals surface area contributed by atoms with Crippen LogP contribution in [0.3, 0.4) is 0 Å². The number of fused-ring (bicyclic) bond motifs is 3. The largest absolute Gasteiger partial charge is 0.303 e. The number of thioether (sulfide) groups is 1. The monoisotopic (exact) mass is 351 g/mol. The molecule has 3 saturated heterocycles. The number of aromatic nitrogens is 2. The molecule has 2 aromatic heterocycles. The molecule has 3 aliphatic heterocycles. The van der Waals surface area contributed by atoms with E-state index in [0.717, 1.165) is 11.7 Å². The van der Waals surface area contributed by atoms with Gasteiger partial charge in [-0.05, 0) is 61.9 Å². The Morgan fingerprint density at radius 1 is 1.27 bits per heavy atom. The highest BCUT2D eigenvalue weighted by Gasteiger charge is 2.37. The molecule has 0 spiro atoms. The van der Waals surface area contributed by atoms with Crippen LogP contribution in [0.2, 0.25) is 0 Å². The molecule has 5 rings (SSSR count). The van der Waals surface area contributed by atoms with Crippen molar-refractivity contribution in [2.75, 3.05) is 25.4 Å². The van der Waals surface area contributed by atoms with Crippen LogP contribution < -0.4 is 0 Å². The number of hydrogen-bond acceptors (Lipinski definition) is 6. The summed E-state index contributed by atoms with van der Waals surface area (Å²) in [4.78, 5) is 4.10. The third kappa shape index (κ3) is 3.25. The molecule has 1 atom stereocenters.